The summed E-state index contributed by atoms with van der Waals surface area (Å²) in [6.45, 7) is 5.61. The molecule has 0 aliphatic rings. The molecule has 3 aromatic rings. The van der Waals surface area contributed by atoms with Gasteiger partial charge in [-0.1, -0.05) is 44.0 Å². The third-order valence-corrected chi connectivity index (χ3v) is 6.28. The summed E-state index contributed by atoms with van der Waals surface area (Å²) in [6, 6.07) is 16.1. The minimum Gasteiger partial charge on any atom is -0.497 e. The van der Waals surface area contributed by atoms with Crippen molar-refractivity contribution in [2.24, 2.45) is 0 Å². The molecule has 6 nitrogen and oxygen atoms in total. The van der Waals surface area contributed by atoms with Gasteiger partial charge in [-0.2, -0.15) is 0 Å². The maximum Gasteiger partial charge on any atom is 0.222 e. The van der Waals surface area contributed by atoms with Gasteiger partial charge in [0.05, 0.1) is 25.4 Å². The fraction of sp³-hybridized carbons (Fsp3) is 0.448. The molecular formula is C29H39N3O3. The van der Waals surface area contributed by atoms with Gasteiger partial charge in [-0.25, -0.2) is 0 Å². The molecule has 0 saturated carbocycles. The number of pyridine rings is 1. The molecule has 0 saturated heterocycles. The summed E-state index contributed by atoms with van der Waals surface area (Å²) in [5.41, 5.74) is 2.94. The van der Waals surface area contributed by atoms with Gasteiger partial charge in [0.15, 0.2) is 0 Å². The molecule has 0 spiro atoms. The van der Waals surface area contributed by atoms with Crippen LogP contribution in [0, 0.1) is 0 Å². The highest BCUT2D eigenvalue weighted by Gasteiger charge is 2.16. The van der Waals surface area contributed by atoms with Crippen LogP contribution in [0.2, 0.25) is 0 Å². The molecule has 3 rings (SSSR count). The van der Waals surface area contributed by atoms with Gasteiger partial charge >= 0.3 is 0 Å². The SMILES string of the molecule is CCCCCC(=O)N(CCCC(C)Nc1cc(OC)cc2cccnc12)Cc1ccccc1OC. The third kappa shape index (κ3) is 7.61. The smallest absolute Gasteiger partial charge is 0.222 e. The van der Waals surface area contributed by atoms with E-state index in [0.717, 1.165) is 65.8 Å². The number of methoxy groups -OCH3 is 2. The molecule has 1 heterocycles. The van der Waals surface area contributed by atoms with Gasteiger partial charge < -0.3 is 19.7 Å². The standard InChI is InChI=1S/C29H39N3O3/c1-5-6-7-16-28(33)32(21-24-13-8-9-15-27(24)35-4)18-11-12-22(2)31-26-20-25(34-3)19-23-14-10-17-30-29(23)26/h8-10,13-15,17,19-20,22,31H,5-7,11-12,16,18,21H2,1-4H3. The Hall–Kier alpha value is -3.28. The molecule has 1 amide bonds. The monoisotopic (exact) mass is 477 g/mol. The number of fused-ring (bicyclic) bond motifs is 1. The number of benzene rings is 2. The molecule has 0 radical (unpaired) electrons. The zero-order chi connectivity index (χ0) is 25.0. The van der Waals surface area contributed by atoms with Crippen LogP contribution in [0.5, 0.6) is 11.5 Å². The number of hydrogen-bond acceptors (Lipinski definition) is 5. The number of anilines is 1. The van der Waals surface area contributed by atoms with E-state index in [9.17, 15) is 4.79 Å². The Bertz CT molecular complexity index is 1090. The lowest BCUT2D eigenvalue weighted by Crippen LogP contribution is -2.32. The lowest BCUT2D eigenvalue weighted by atomic mass is 10.1. The second-order valence-electron chi connectivity index (χ2n) is 9.02. The van der Waals surface area contributed by atoms with E-state index in [0.29, 0.717) is 19.5 Å². The van der Waals surface area contributed by atoms with E-state index < -0.39 is 0 Å². The molecule has 0 bridgehead atoms. The highest BCUT2D eigenvalue weighted by molar-refractivity contribution is 5.91. The third-order valence-electron chi connectivity index (χ3n) is 6.28. The molecule has 1 atom stereocenters. The first-order chi connectivity index (χ1) is 17.0. The molecule has 6 heteroatoms. The number of carbonyl (C=O) groups excluding carboxylic acids is 1. The average molecular weight is 478 g/mol. The fourth-order valence-electron chi connectivity index (χ4n) is 4.33. The zero-order valence-electron chi connectivity index (χ0n) is 21.5. The first-order valence-corrected chi connectivity index (χ1v) is 12.6. The Kier molecular flexibility index (Phi) is 10.2. The van der Waals surface area contributed by atoms with Crippen LogP contribution in [0.3, 0.4) is 0 Å². The van der Waals surface area contributed by atoms with Crippen LogP contribution in [0.1, 0.15) is 57.9 Å². The van der Waals surface area contributed by atoms with Crippen molar-refractivity contribution in [1.82, 2.24) is 9.88 Å². The Morgan fingerprint density at radius 3 is 2.66 bits per heavy atom. The lowest BCUT2D eigenvalue weighted by molar-refractivity contribution is -0.132. The van der Waals surface area contributed by atoms with Gasteiger partial charge in [0, 0.05) is 48.8 Å². The highest BCUT2D eigenvalue weighted by atomic mass is 16.5. The number of nitrogens with zero attached hydrogens (tertiary/aromatic N) is 2. The second-order valence-corrected chi connectivity index (χ2v) is 9.02. The maximum absolute atomic E-state index is 13.1. The molecule has 188 valence electrons. The van der Waals surface area contributed by atoms with Crippen LogP contribution in [-0.2, 0) is 11.3 Å². The van der Waals surface area contributed by atoms with Crippen molar-refractivity contribution in [2.75, 3.05) is 26.1 Å². The molecule has 1 N–H and O–H groups in total. The van der Waals surface area contributed by atoms with E-state index in [1.54, 1.807) is 14.2 Å². The van der Waals surface area contributed by atoms with Crippen molar-refractivity contribution >= 4 is 22.5 Å². The van der Waals surface area contributed by atoms with Crippen LogP contribution < -0.4 is 14.8 Å². The number of carbonyl (C=O) groups is 1. The molecule has 0 fully saturated rings. The van der Waals surface area contributed by atoms with Crippen molar-refractivity contribution in [3.05, 3.63) is 60.3 Å². The van der Waals surface area contributed by atoms with E-state index in [4.69, 9.17) is 9.47 Å². The summed E-state index contributed by atoms with van der Waals surface area (Å²) < 4.78 is 11.0. The first kappa shape index (κ1) is 26.3. The summed E-state index contributed by atoms with van der Waals surface area (Å²) in [5.74, 6) is 1.85. The van der Waals surface area contributed by atoms with E-state index in [1.165, 1.54) is 0 Å². The van der Waals surface area contributed by atoms with E-state index >= 15 is 0 Å². The number of nitrogens with one attached hydrogen (secondary N) is 1. The van der Waals surface area contributed by atoms with Crippen molar-refractivity contribution in [1.29, 1.82) is 0 Å². The summed E-state index contributed by atoms with van der Waals surface area (Å²) in [7, 11) is 3.36. The summed E-state index contributed by atoms with van der Waals surface area (Å²) >= 11 is 0. The van der Waals surface area contributed by atoms with Crippen LogP contribution in [0.25, 0.3) is 10.9 Å². The van der Waals surface area contributed by atoms with E-state index in [2.05, 4.69) is 24.1 Å². The van der Waals surface area contributed by atoms with Crippen LogP contribution in [0.4, 0.5) is 5.69 Å². The predicted molar refractivity (Wildman–Crippen MR) is 143 cm³/mol. The second kappa shape index (κ2) is 13.6. The van der Waals surface area contributed by atoms with Gasteiger partial charge in [0.1, 0.15) is 11.5 Å². The highest BCUT2D eigenvalue weighted by Crippen LogP contribution is 2.28. The number of amides is 1. The minimum absolute atomic E-state index is 0.216. The summed E-state index contributed by atoms with van der Waals surface area (Å²) in [4.78, 5) is 19.6. The quantitative estimate of drug-likeness (QED) is 0.271. The fourth-order valence-corrected chi connectivity index (χ4v) is 4.33. The minimum atomic E-state index is 0.216. The summed E-state index contributed by atoms with van der Waals surface area (Å²) in [5, 5.41) is 4.65. The topological polar surface area (TPSA) is 63.7 Å². The van der Waals surface area contributed by atoms with Gasteiger partial charge in [-0.05, 0) is 44.4 Å². The molecule has 2 aromatic carbocycles. The van der Waals surface area contributed by atoms with Crippen molar-refractivity contribution in [3.63, 3.8) is 0 Å². The first-order valence-electron chi connectivity index (χ1n) is 12.6. The van der Waals surface area contributed by atoms with Gasteiger partial charge in [0.25, 0.3) is 0 Å². The van der Waals surface area contributed by atoms with Gasteiger partial charge in [-0.15, -0.1) is 0 Å². The average Bonchev–Trinajstić information content (AvgIpc) is 2.88. The van der Waals surface area contributed by atoms with E-state index in [-0.39, 0.29) is 11.9 Å². The lowest BCUT2D eigenvalue weighted by Gasteiger charge is -2.25. The Labute approximate surface area is 209 Å². The zero-order valence-corrected chi connectivity index (χ0v) is 21.5. The maximum atomic E-state index is 13.1. The van der Waals surface area contributed by atoms with Crippen LogP contribution in [0.15, 0.2) is 54.7 Å². The van der Waals surface area contributed by atoms with Gasteiger partial charge in [0.2, 0.25) is 5.91 Å². The molecule has 1 unspecified atom stereocenters. The van der Waals surface area contributed by atoms with Gasteiger partial charge in [-0.3, -0.25) is 9.78 Å². The number of rotatable bonds is 14. The van der Waals surface area contributed by atoms with Crippen molar-refractivity contribution in [2.45, 2.75) is 65.0 Å². The Morgan fingerprint density at radius 2 is 1.89 bits per heavy atom. The number of unbranched alkanes of at least 4 members (excludes halogenated alkanes) is 2. The largest absolute Gasteiger partial charge is 0.497 e. The van der Waals surface area contributed by atoms with E-state index in [1.807, 2.05) is 59.6 Å². The predicted octanol–water partition coefficient (Wildman–Crippen LogP) is 6.44. The Morgan fingerprint density at radius 1 is 1.06 bits per heavy atom. The number of aromatic nitrogens is 1. The van der Waals surface area contributed by atoms with Crippen LogP contribution >= 0.6 is 0 Å². The Balaban J connectivity index is 1.64. The molecule has 0 aliphatic carbocycles. The molecular weight excluding hydrogens is 438 g/mol. The summed E-state index contributed by atoms with van der Waals surface area (Å²) in [6.07, 6.45) is 7.36. The van der Waals surface area contributed by atoms with Crippen LogP contribution in [-0.4, -0.2) is 42.6 Å². The van der Waals surface area contributed by atoms with Crippen molar-refractivity contribution in [3.8, 4) is 11.5 Å². The number of hydrogen-bond donors (Lipinski definition) is 1. The molecule has 0 aliphatic heterocycles. The normalized spacial score (nSPS) is 11.8. The number of para-hydroxylation sites is 1. The van der Waals surface area contributed by atoms with Crippen molar-refractivity contribution < 1.29 is 14.3 Å². The molecule has 35 heavy (non-hydrogen) atoms. The molecule has 1 aromatic heterocycles. The number of ether oxygens (including phenoxy) is 2.